The van der Waals surface area contributed by atoms with Gasteiger partial charge in [0.05, 0.1) is 12.6 Å². The van der Waals surface area contributed by atoms with Crippen molar-refractivity contribution in [3.05, 3.63) is 30.3 Å². The molecule has 88 valence electrons. The average molecular weight is 227 g/mol. The SMILES string of the molecule is N[C@H]1[C@H](COc2ccccc2)CCC1(F)F. The Morgan fingerprint density at radius 1 is 1.31 bits per heavy atom. The fourth-order valence-corrected chi connectivity index (χ4v) is 1.98. The van der Waals surface area contributed by atoms with Gasteiger partial charge in [-0.15, -0.1) is 0 Å². The number of para-hydroxylation sites is 1. The number of benzene rings is 1. The number of rotatable bonds is 3. The highest BCUT2D eigenvalue weighted by Gasteiger charge is 2.47. The molecule has 4 heteroatoms. The fourth-order valence-electron chi connectivity index (χ4n) is 1.98. The molecule has 2 rings (SSSR count). The first-order valence-electron chi connectivity index (χ1n) is 5.41. The molecule has 0 amide bonds. The van der Waals surface area contributed by atoms with E-state index in [-0.39, 0.29) is 18.9 Å². The van der Waals surface area contributed by atoms with Gasteiger partial charge in [-0.3, -0.25) is 0 Å². The second kappa shape index (κ2) is 4.37. The molecule has 1 aromatic carbocycles. The molecule has 0 spiro atoms. The molecule has 2 N–H and O–H groups in total. The van der Waals surface area contributed by atoms with Gasteiger partial charge >= 0.3 is 0 Å². The Bertz CT molecular complexity index is 342. The Kier molecular flexibility index (Phi) is 3.10. The van der Waals surface area contributed by atoms with E-state index in [4.69, 9.17) is 10.5 Å². The zero-order chi connectivity index (χ0) is 11.6. The summed E-state index contributed by atoms with van der Waals surface area (Å²) in [5.74, 6) is -2.29. The van der Waals surface area contributed by atoms with E-state index in [1.165, 1.54) is 0 Å². The average Bonchev–Trinajstić information content (AvgIpc) is 2.54. The molecule has 0 aromatic heterocycles. The molecule has 1 fully saturated rings. The van der Waals surface area contributed by atoms with Crippen LogP contribution in [0.1, 0.15) is 12.8 Å². The van der Waals surface area contributed by atoms with Crippen LogP contribution in [0.3, 0.4) is 0 Å². The van der Waals surface area contributed by atoms with Gasteiger partial charge in [0.1, 0.15) is 5.75 Å². The van der Waals surface area contributed by atoms with Crippen LogP contribution >= 0.6 is 0 Å². The third kappa shape index (κ3) is 2.32. The van der Waals surface area contributed by atoms with Crippen molar-refractivity contribution in [1.82, 2.24) is 0 Å². The Morgan fingerprint density at radius 2 is 2.00 bits per heavy atom. The largest absolute Gasteiger partial charge is 0.493 e. The van der Waals surface area contributed by atoms with Gasteiger partial charge in [-0.25, -0.2) is 8.78 Å². The monoisotopic (exact) mass is 227 g/mol. The summed E-state index contributed by atoms with van der Waals surface area (Å²) < 4.78 is 31.7. The van der Waals surface area contributed by atoms with Crippen LogP contribution in [0.5, 0.6) is 5.75 Å². The standard InChI is InChI=1S/C12H15F2NO/c13-12(14)7-6-9(11(12)15)8-16-10-4-2-1-3-5-10/h1-5,9,11H,6-8,15H2/t9-,11-/m0/s1. The summed E-state index contributed by atoms with van der Waals surface area (Å²) >= 11 is 0. The van der Waals surface area contributed by atoms with Gasteiger partial charge < -0.3 is 10.5 Å². The van der Waals surface area contributed by atoms with Gasteiger partial charge in [0.15, 0.2) is 0 Å². The van der Waals surface area contributed by atoms with E-state index in [1.807, 2.05) is 18.2 Å². The summed E-state index contributed by atoms with van der Waals surface area (Å²) in [7, 11) is 0. The van der Waals surface area contributed by atoms with Gasteiger partial charge in [-0.1, -0.05) is 18.2 Å². The fraction of sp³-hybridized carbons (Fsp3) is 0.500. The molecule has 0 unspecified atom stereocenters. The van der Waals surface area contributed by atoms with E-state index in [9.17, 15) is 8.78 Å². The second-order valence-electron chi connectivity index (χ2n) is 4.21. The van der Waals surface area contributed by atoms with Crippen LogP contribution in [-0.4, -0.2) is 18.6 Å². The molecule has 0 bridgehead atoms. The van der Waals surface area contributed by atoms with Crippen molar-refractivity contribution in [1.29, 1.82) is 0 Å². The Hall–Kier alpha value is -1.16. The lowest BCUT2D eigenvalue weighted by Gasteiger charge is -2.20. The quantitative estimate of drug-likeness (QED) is 0.860. The van der Waals surface area contributed by atoms with Crippen LogP contribution in [0, 0.1) is 5.92 Å². The van der Waals surface area contributed by atoms with Crippen molar-refractivity contribution >= 4 is 0 Å². The number of ether oxygens (including phenoxy) is 1. The molecule has 1 saturated carbocycles. The summed E-state index contributed by atoms with van der Waals surface area (Å²) in [4.78, 5) is 0. The first-order valence-corrected chi connectivity index (χ1v) is 5.41. The van der Waals surface area contributed by atoms with Gasteiger partial charge in [-0.05, 0) is 18.6 Å². The molecule has 1 aliphatic carbocycles. The Morgan fingerprint density at radius 3 is 2.56 bits per heavy atom. The number of alkyl halides is 2. The molecule has 2 atom stereocenters. The highest BCUT2D eigenvalue weighted by molar-refractivity contribution is 5.21. The zero-order valence-corrected chi connectivity index (χ0v) is 8.90. The first kappa shape index (κ1) is 11.3. The van der Waals surface area contributed by atoms with Crippen molar-refractivity contribution in [3.8, 4) is 5.75 Å². The molecule has 2 nitrogen and oxygen atoms in total. The number of halogens is 2. The minimum atomic E-state index is -2.73. The molecular weight excluding hydrogens is 212 g/mol. The molecule has 0 radical (unpaired) electrons. The van der Waals surface area contributed by atoms with Crippen molar-refractivity contribution in [2.45, 2.75) is 24.8 Å². The molecule has 0 saturated heterocycles. The van der Waals surface area contributed by atoms with Crippen LogP contribution in [0.15, 0.2) is 30.3 Å². The number of hydrogen-bond acceptors (Lipinski definition) is 2. The predicted molar refractivity (Wildman–Crippen MR) is 57.6 cm³/mol. The van der Waals surface area contributed by atoms with Crippen LogP contribution in [0.2, 0.25) is 0 Å². The minimum absolute atomic E-state index is 0.128. The van der Waals surface area contributed by atoms with Crippen molar-refractivity contribution in [2.24, 2.45) is 11.7 Å². The number of nitrogens with two attached hydrogens (primary N) is 1. The van der Waals surface area contributed by atoms with E-state index in [0.29, 0.717) is 12.2 Å². The maximum atomic E-state index is 13.1. The molecule has 1 aliphatic rings. The van der Waals surface area contributed by atoms with Crippen LogP contribution in [0.25, 0.3) is 0 Å². The first-order chi connectivity index (χ1) is 7.59. The lowest BCUT2D eigenvalue weighted by molar-refractivity contribution is -0.0150. The maximum absolute atomic E-state index is 13.1. The minimum Gasteiger partial charge on any atom is -0.493 e. The van der Waals surface area contributed by atoms with Crippen LogP contribution in [0.4, 0.5) is 8.78 Å². The normalized spacial score (nSPS) is 27.9. The topological polar surface area (TPSA) is 35.2 Å². The third-order valence-corrected chi connectivity index (χ3v) is 3.05. The summed E-state index contributed by atoms with van der Waals surface area (Å²) in [6, 6.07) is 8.10. The molecule has 16 heavy (non-hydrogen) atoms. The Balaban J connectivity index is 1.88. The number of hydrogen-bond donors (Lipinski definition) is 1. The summed E-state index contributed by atoms with van der Waals surface area (Å²) in [5, 5.41) is 0. The van der Waals surface area contributed by atoms with Crippen molar-refractivity contribution < 1.29 is 13.5 Å². The lowest BCUT2D eigenvalue weighted by Crippen LogP contribution is -2.41. The van der Waals surface area contributed by atoms with Gasteiger partial charge in [0.2, 0.25) is 0 Å². The van der Waals surface area contributed by atoms with Crippen LogP contribution < -0.4 is 10.5 Å². The van der Waals surface area contributed by atoms with E-state index in [2.05, 4.69) is 0 Å². The van der Waals surface area contributed by atoms with E-state index in [1.54, 1.807) is 12.1 Å². The van der Waals surface area contributed by atoms with E-state index >= 15 is 0 Å². The molecule has 0 heterocycles. The maximum Gasteiger partial charge on any atom is 0.263 e. The summed E-state index contributed by atoms with van der Waals surface area (Å²) in [5.41, 5.74) is 5.49. The van der Waals surface area contributed by atoms with Gasteiger partial charge in [0, 0.05) is 12.3 Å². The van der Waals surface area contributed by atoms with Gasteiger partial charge in [-0.2, -0.15) is 0 Å². The smallest absolute Gasteiger partial charge is 0.263 e. The zero-order valence-electron chi connectivity index (χ0n) is 8.90. The van der Waals surface area contributed by atoms with E-state index < -0.39 is 12.0 Å². The summed E-state index contributed by atoms with van der Waals surface area (Å²) in [6.07, 6.45) is 0.304. The van der Waals surface area contributed by atoms with Gasteiger partial charge in [0.25, 0.3) is 5.92 Å². The van der Waals surface area contributed by atoms with Crippen LogP contribution in [-0.2, 0) is 0 Å². The predicted octanol–water partition coefficient (Wildman–Crippen LogP) is 2.44. The summed E-state index contributed by atoms with van der Waals surface area (Å²) in [6.45, 7) is 0.265. The molecular formula is C12H15F2NO. The third-order valence-electron chi connectivity index (χ3n) is 3.05. The van der Waals surface area contributed by atoms with E-state index in [0.717, 1.165) is 0 Å². The highest BCUT2D eigenvalue weighted by Crippen LogP contribution is 2.38. The highest BCUT2D eigenvalue weighted by atomic mass is 19.3. The second-order valence-corrected chi connectivity index (χ2v) is 4.21. The van der Waals surface area contributed by atoms with Crippen molar-refractivity contribution in [3.63, 3.8) is 0 Å². The van der Waals surface area contributed by atoms with Crippen molar-refractivity contribution in [2.75, 3.05) is 6.61 Å². The molecule has 0 aliphatic heterocycles. The molecule has 1 aromatic rings. The lowest BCUT2D eigenvalue weighted by atomic mass is 10.1. The Labute approximate surface area is 93.4 Å².